The lowest BCUT2D eigenvalue weighted by Gasteiger charge is -2.34. The highest BCUT2D eigenvalue weighted by atomic mass is 16.2. The van der Waals surface area contributed by atoms with Crippen molar-refractivity contribution in [3.63, 3.8) is 0 Å². The van der Waals surface area contributed by atoms with E-state index < -0.39 is 0 Å². The number of hydrogen-bond donors (Lipinski definition) is 1. The van der Waals surface area contributed by atoms with E-state index >= 15 is 0 Å². The summed E-state index contributed by atoms with van der Waals surface area (Å²) < 4.78 is 0. The van der Waals surface area contributed by atoms with Crippen molar-refractivity contribution in [2.45, 2.75) is 53.0 Å². The molecular formula is C22H35N3O2. The van der Waals surface area contributed by atoms with Gasteiger partial charge in [0, 0.05) is 38.3 Å². The van der Waals surface area contributed by atoms with Crippen LogP contribution in [-0.4, -0.2) is 54.3 Å². The van der Waals surface area contributed by atoms with Gasteiger partial charge in [-0.25, -0.2) is 0 Å². The number of piperidine rings is 1. The standard InChI is InChI=1S/C22H35N3O2/c1-15(2)20(23)8-10-24(5)21(26)18-7-6-9-25(14-18)22(27)19-12-16(3)11-17(4)13-19/h11-13,15,18,20H,6-10,14,23H2,1-5H3. The predicted octanol–water partition coefficient (Wildman–Crippen LogP) is 2.99. The molecule has 0 spiro atoms. The van der Waals surface area contributed by atoms with Crippen molar-refractivity contribution in [2.75, 3.05) is 26.7 Å². The summed E-state index contributed by atoms with van der Waals surface area (Å²) in [6, 6.07) is 6.03. The molecule has 0 bridgehead atoms. The number of aryl methyl sites for hydroxylation is 2. The summed E-state index contributed by atoms with van der Waals surface area (Å²) in [6.45, 7) is 10.1. The van der Waals surface area contributed by atoms with Gasteiger partial charge in [-0.05, 0) is 51.2 Å². The zero-order valence-corrected chi connectivity index (χ0v) is 17.5. The summed E-state index contributed by atoms with van der Waals surface area (Å²) in [4.78, 5) is 29.4. The van der Waals surface area contributed by atoms with Gasteiger partial charge in [0.15, 0.2) is 0 Å². The number of amides is 2. The Kier molecular flexibility index (Phi) is 7.42. The Labute approximate surface area is 163 Å². The molecule has 1 aliphatic rings. The maximum Gasteiger partial charge on any atom is 0.253 e. The van der Waals surface area contributed by atoms with Gasteiger partial charge in [0.2, 0.25) is 5.91 Å². The molecule has 0 aromatic heterocycles. The van der Waals surface area contributed by atoms with Crippen LogP contribution in [0.1, 0.15) is 54.6 Å². The maximum atomic E-state index is 12.9. The molecule has 1 aromatic rings. The average molecular weight is 374 g/mol. The van der Waals surface area contributed by atoms with Crippen LogP contribution in [0.3, 0.4) is 0 Å². The summed E-state index contributed by atoms with van der Waals surface area (Å²) in [7, 11) is 1.85. The van der Waals surface area contributed by atoms with Crippen molar-refractivity contribution in [3.8, 4) is 0 Å². The van der Waals surface area contributed by atoms with E-state index in [1.54, 1.807) is 4.90 Å². The lowest BCUT2D eigenvalue weighted by molar-refractivity contribution is -0.135. The van der Waals surface area contributed by atoms with Crippen LogP contribution in [0.5, 0.6) is 0 Å². The minimum Gasteiger partial charge on any atom is -0.345 e. The Bertz CT molecular complexity index is 651. The molecule has 27 heavy (non-hydrogen) atoms. The van der Waals surface area contributed by atoms with Crippen LogP contribution in [-0.2, 0) is 4.79 Å². The molecule has 2 rings (SSSR count). The van der Waals surface area contributed by atoms with Crippen LogP contribution < -0.4 is 5.73 Å². The minimum atomic E-state index is -0.117. The Balaban J connectivity index is 1.98. The van der Waals surface area contributed by atoms with E-state index in [1.807, 2.05) is 37.9 Å². The monoisotopic (exact) mass is 373 g/mol. The number of benzene rings is 1. The first-order chi connectivity index (χ1) is 12.7. The van der Waals surface area contributed by atoms with E-state index in [4.69, 9.17) is 5.73 Å². The maximum absolute atomic E-state index is 12.9. The number of carbonyl (C=O) groups excluding carboxylic acids is 2. The van der Waals surface area contributed by atoms with Crippen LogP contribution in [0, 0.1) is 25.7 Å². The molecule has 5 heteroatoms. The van der Waals surface area contributed by atoms with Gasteiger partial charge < -0.3 is 15.5 Å². The predicted molar refractivity (Wildman–Crippen MR) is 110 cm³/mol. The van der Waals surface area contributed by atoms with E-state index in [0.717, 1.165) is 42.5 Å². The number of carbonyl (C=O) groups is 2. The normalized spacial score (nSPS) is 18.5. The zero-order chi connectivity index (χ0) is 20.1. The van der Waals surface area contributed by atoms with E-state index in [0.29, 0.717) is 19.0 Å². The lowest BCUT2D eigenvalue weighted by Crippen LogP contribution is -2.46. The second-order valence-electron chi connectivity index (χ2n) is 8.42. The van der Waals surface area contributed by atoms with E-state index in [1.165, 1.54) is 0 Å². The second-order valence-corrected chi connectivity index (χ2v) is 8.42. The number of nitrogens with zero attached hydrogens (tertiary/aromatic N) is 2. The molecule has 2 unspecified atom stereocenters. The topological polar surface area (TPSA) is 66.6 Å². The van der Waals surface area contributed by atoms with Crippen LogP contribution in [0.2, 0.25) is 0 Å². The van der Waals surface area contributed by atoms with Gasteiger partial charge in [-0.1, -0.05) is 31.0 Å². The Morgan fingerprint density at radius 1 is 1.22 bits per heavy atom. The van der Waals surface area contributed by atoms with Crippen molar-refractivity contribution in [2.24, 2.45) is 17.6 Å². The molecule has 5 nitrogen and oxygen atoms in total. The minimum absolute atomic E-state index is 0.0313. The summed E-state index contributed by atoms with van der Waals surface area (Å²) >= 11 is 0. The van der Waals surface area contributed by atoms with Crippen molar-refractivity contribution >= 4 is 11.8 Å². The number of rotatable bonds is 6. The third-order valence-corrected chi connectivity index (χ3v) is 5.56. The Morgan fingerprint density at radius 2 is 1.85 bits per heavy atom. The first-order valence-electron chi connectivity index (χ1n) is 10.1. The first-order valence-corrected chi connectivity index (χ1v) is 10.1. The largest absolute Gasteiger partial charge is 0.345 e. The summed E-state index contributed by atoms with van der Waals surface area (Å²) in [5, 5.41) is 0. The number of hydrogen-bond acceptors (Lipinski definition) is 3. The molecule has 2 atom stereocenters. The molecule has 150 valence electrons. The highest BCUT2D eigenvalue weighted by molar-refractivity contribution is 5.95. The summed E-state index contributed by atoms with van der Waals surface area (Å²) in [6.07, 6.45) is 2.51. The smallest absolute Gasteiger partial charge is 0.253 e. The fourth-order valence-corrected chi connectivity index (χ4v) is 3.74. The highest BCUT2D eigenvalue weighted by Gasteiger charge is 2.30. The fraction of sp³-hybridized carbons (Fsp3) is 0.636. The molecule has 0 radical (unpaired) electrons. The molecule has 2 amide bonds. The van der Waals surface area contributed by atoms with Crippen molar-refractivity contribution in [1.82, 2.24) is 9.80 Å². The lowest BCUT2D eigenvalue weighted by atomic mass is 9.95. The van der Waals surface area contributed by atoms with E-state index in [9.17, 15) is 9.59 Å². The molecular weight excluding hydrogens is 338 g/mol. The van der Waals surface area contributed by atoms with Gasteiger partial charge in [0.25, 0.3) is 5.91 Å². The van der Waals surface area contributed by atoms with Crippen LogP contribution >= 0.6 is 0 Å². The van der Waals surface area contributed by atoms with Gasteiger partial charge in [-0.2, -0.15) is 0 Å². The van der Waals surface area contributed by atoms with E-state index in [-0.39, 0.29) is 23.8 Å². The molecule has 1 aliphatic heterocycles. The molecule has 1 aromatic carbocycles. The number of likely N-dealkylation sites (tertiary alicyclic amines) is 1. The van der Waals surface area contributed by atoms with Crippen molar-refractivity contribution < 1.29 is 9.59 Å². The fourth-order valence-electron chi connectivity index (χ4n) is 3.74. The zero-order valence-electron chi connectivity index (χ0n) is 17.5. The van der Waals surface area contributed by atoms with Gasteiger partial charge in [0.1, 0.15) is 0 Å². The molecule has 2 N–H and O–H groups in total. The summed E-state index contributed by atoms with van der Waals surface area (Å²) in [5.41, 5.74) is 9.00. The third kappa shape index (κ3) is 5.80. The quantitative estimate of drug-likeness (QED) is 0.833. The highest BCUT2D eigenvalue weighted by Crippen LogP contribution is 2.21. The molecule has 0 aliphatic carbocycles. The van der Waals surface area contributed by atoms with Gasteiger partial charge in [0.05, 0.1) is 5.92 Å². The van der Waals surface area contributed by atoms with Crippen LogP contribution in [0.15, 0.2) is 18.2 Å². The SMILES string of the molecule is Cc1cc(C)cc(C(=O)N2CCCC(C(=O)N(C)CCC(N)C(C)C)C2)c1. The molecule has 1 saturated heterocycles. The van der Waals surface area contributed by atoms with Gasteiger partial charge in [-0.3, -0.25) is 9.59 Å². The van der Waals surface area contributed by atoms with Crippen molar-refractivity contribution in [3.05, 3.63) is 34.9 Å². The van der Waals surface area contributed by atoms with E-state index in [2.05, 4.69) is 19.9 Å². The van der Waals surface area contributed by atoms with Gasteiger partial charge in [-0.15, -0.1) is 0 Å². The molecule has 1 fully saturated rings. The Hall–Kier alpha value is -1.88. The average Bonchev–Trinajstić information content (AvgIpc) is 2.63. The molecule has 1 heterocycles. The number of nitrogens with two attached hydrogens (primary N) is 1. The van der Waals surface area contributed by atoms with Crippen LogP contribution in [0.25, 0.3) is 0 Å². The third-order valence-electron chi connectivity index (χ3n) is 5.56. The molecule has 0 saturated carbocycles. The summed E-state index contributed by atoms with van der Waals surface area (Å²) in [5.74, 6) is 0.454. The van der Waals surface area contributed by atoms with Crippen LogP contribution in [0.4, 0.5) is 0 Å². The Morgan fingerprint density at radius 3 is 2.44 bits per heavy atom. The van der Waals surface area contributed by atoms with Crippen molar-refractivity contribution in [1.29, 1.82) is 0 Å². The van der Waals surface area contributed by atoms with Gasteiger partial charge >= 0.3 is 0 Å². The second kappa shape index (κ2) is 9.36. The first kappa shape index (κ1) is 21.4.